The van der Waals surface area contributed by atoms with Gasteiger partial charge in [-0.2, -0.15) is 0 Å². The van der Waals surface area contributed by atoms with Crippen LogP contribution in [0, 0.1) is 0 Å². The molecule has 0 unspecified atom stereocenters. The van der Waals surface area contributed by atoms with Crippen molar-refractivity contribution in [3.8, 4) is 16.8 Å². The van der Waals surface area contributed by atoms with E-state index in [1.54, 1.807) is 0 Å². The number of hydrogen-bond acceptors (Lipinski definition) is 3. The largest absolute Gasteiger partial charge is 0.456 e. The summed E-state index contributed by atoms with van der Waals surface area (Å²) in [5, 5.41) is 9.12. The van der Waals surface area contributed by atoms with Gasteiger partial charge in [0.15, 0.2) is 0 Å². The molecule has 0 saturated heterocycles. The van der Waals surface area contributed by atoms with E-state index in [-0.39, 0.29) is 0 Å². The van der Waals surface area contributed by atoms with Crippen LogP contribution in [-0.2, 0) is 0 Å². The second-order valence-corrected chi connectivity index (χ2v) is 14.4. The van der Waals surface area contributed by atoms with Crippen molar-refractivity contribution in [2.24, 2.45) is 0 Å². The number of benzene rings is 9. The zero-order valence-corrected chi connectivity index (χ0v) is 30.2. The topological polar surface area (TPSA) is 34.5 Å². The minimum Gasteiger partial charge on any atom is -0.456 e. The highest BCUT2D eigenvalue weighted by Crippen LogP contribution is 2.48. The van der Waals surface area contributed by atoms with Crippen molar-refractivity contribution in [2.75, 3.05) is 4.90 Å². The molecule has 0 N–H and O–H groups in total. The Morgan fingerprint density at radius 1 is 0.357 bits per heavy atom. The van der Waals surface area contributed by atoms with Gasteiger partial charge in [0.05, 0.1) is 28.1 Å². The van der Waals surface area contributed by atoms with Crippen molar-refractivity contribution in [2.45, 2.75) is 0 Å². The normalized spacial score (nSPS) is 11.9. The quantitative estimate of drug-likeness (QED) is 0.178. The summed E-state index contributed by atoms with van der Waals surface area (Å²) in [6.45, 7) is 0. The van der Waals surface area contributed by atoms with Crippen LogP contribution in [-0.4, -0.2) is 4.57 Å². The number of nitrogens with zero attached hydrogens (tertiary/aromatic N) is 2. The van der Waals surface area contributed by atoms with E-state index in [0.717, 1.165) is 99.6 Å². The molecule has 262 valence electrons. The predicted molar refractivity (Wildman–Crippen MR) is 233 cm³/mol. The van der Waals surface area contributed by atoms with Gasteiger partial charge in [0, 0.05) is 60.6 Å². The molecule has 56 heavy (non-hydrogen) atoms. The first-order valence-electron chi connectivity index (χ1n) is 19.0. The van der Waals surface area contributed by atoms with Crippen molar-refractivity contribution >= 4 is 93.5 Å². The highest BCUT2D eigenvalue weighted by molar-refractivity contribution is 6.18. The van der Waals surface area contributed by atoms with Crippen LogP contribution in [0.15, 0.2) is 203 Å². The van der Waals surface area contributed by atoms with Crippen LogP contribution in [0.3, 0.4) is 0 Å². The molecule has 0 radical (unpaired) electrons. The Kier molecular flexibility index (Phi) is 6.60. The SMILES string of the molecule is c1ccc(N(c2ccc3c(c2)oc2ccccc23)c2ccccc2-n2c3ccccc3c3ccccc32)c(-c2cccc3c2oc2c4ccccc4ccc32)c1. The molecule has 3 aromatic heterocycles. The number of aromatic nitrogens is 1. The van der Waals surface area contributed by atoms with Gasteiger partial charge in [-0.1, -0.05) is 133 Å². The molecule has 0 spiro atoms. The maximum absolute atomic E-state index is 6.93. The fourth-order valence-electron chi connectivity index (χ4n) is 8.92. The van der Waals surface area contributed by atoms with E-state index >= 15 is 0 Å². The lowest BCUT2D eigenvalue weighted by atomic mass is 9.98. The minimum absolute atomic E-state index is 0.840. The summed E-state index contributed by atoms with van der Waals surface area (Å²) >= 11 is 0. The molecule has 0 saturated carbocycles. The van der Waals surface area contributed by atoms with Gasteiger partial charge < -0.3 is 18.3 Å². The van der Waals surface area contributed by atoms with Crippen LogP contribution in [0.4, 0.5) is 17.1 Å². The maximum Gasteiger partial charge on any atom is 0.143 e. The summed E-state index contributed by atoms with van der Waals surface area (Å²) in [7, 11) is 0. The lowest BCUT2D eigenvalue weighted by molar-refractivity contribution is 0.669. The molecule has 0 atom stereocenters. The smallest absolute Gasteiger partial charge is 0.143 e. The fraction of sp³-hybridized carbons (Fsp3) is 0. The Morgan fingerprint density at radius 3 is 1.79 bits per heavy atom. The Hall–Kier alpha value is -7.56. The van der Waals surface area contributed by atoms with E-state index in [1.807, 2.05) is 12.1 Å². The van der Waals surface area contributed by atoms with Crippen molar-refractivity contribution in [1.82, 2.24) is 4.57 Å². The fourth-order valence-corrected chi connectivity index (χ4v) is 8.92. The van der Waals surface area contributed by atoms with Crippen molar-refractivity contribution in [1.29, 1.82) is 0 Å². The second kappa shape index (κ2) is 12.0. The molecule has 0 aliphatic heterocycles. The lowest BCUT2D eigenvalue weighted by Crippen LogP contribution is -2.14. The molecule has 0 aliphatic rings. The third-order valence-electron chi connectivity index (χ3n) is 11.4. The average Bonchev–Trinajstić information content (AvgIpc) is 3.94. The summed E-state index contributed by atoms with van der Waals surface area (Å²) in [4.78, 5) is 2.39. The van der Waals surface area contributed by atoms with E-state index in [2.05, 4.69) is 191 Å². The van der Waals surface area contributed by atoms with Crippen molar-refractivity contribution in [3.63, 3.8) is 0 Å². The molecule has 4 nitrogen and oxygen atoms in total. The van der Waals surface area contributed by atoms with E-state index < -0.39 is 0 Å². The Bertz CT molecular complexity index is 3460. The van der Waals surface area contributed by atoms with Gasteiger partial charge in [0.2, 0.25) is 0 Å². The molecule has 12 rings (SSSR count). The van der Waals surface area contributed by atoms with Gasteiger partial charge in [-0.15, -0.1) is 0 Å². The number of anilines is 3. The first kappa shape index (κ1) is 30.9. The second-order valence-electron chi connectivity index (χ2n) is 14.4. The van der Waals surface area contributed by atoms with E-state index in [0.29, 0.717) is 0 Å². The van der Waals surface area contributed by atoms with Gasteiger partial charge in [-0.25, -0.2) is 0 Å². The number of furan rings is 2. The van der Waals surface area contributed by atoms with Gasteiger partial charge >= 0.3 is 0 Å². The standard InChI is InChI=1S/C52H32N2O2/c1-2-15-35-33(14-1)28-30-43-42-21-13-20-41(52(42)56-51(35)43)38-18-5-7-22-44(38)53(34-29-31-40-39-19-6-12-27-49(39)55-50(40)32-34)47-25-10-11-26-48(47)54-45-23-8-3-16-36(45)37-17-4-9-24-46(37)54/h1-32H. The maximum atomic E-state index is 6.93. The summed E-state index contributed by atoms with van der Waals surface area (Å²) in [5.74, 6) is 0. The molecule has 9 aromatic carbocycles. The first-order chi connectivity index (χ1) is 27.8. The summed E-state index contributed by atoms with van der Waals surface area (Å²) in [6, 6.07) is 69.0. The lowest BCUT2D eigenvalue weighted by Gasteiger charge is -2.30. The molecule has 0 amide bonds. The summed E-state index contributed by atoms with van der Waals surface area (Å²) < 4.78 is 15.9. The van der Waals surface area contributed by atoms with E-state index in [4.69, 9.17) is 8.83 Å². The van der Waals surface area contributed by atoms with Crippen LogP contribution in [0.5, 0.6) is 0 Å². The van der Waals surface area contributed by atoms with Crippen molar-refractivity contribution in [3.05, 3.63) is 194 Å². The molecule has 0 aliphatic carbocycles. The van der Waals surface area contributed by atoms with Crippen LogP contribution in [0.25, 0.3) is 93.3 Å². The van der Waals surface area contributed by atoms with Crippen LogP contribution >= 0.6 is 0 Å². The third-order valence-corrected chi connectivity index (χ3v) is 11.4. The molecule has 12 aromatic rings. The predicted octanol–water partition coefficient (Wildman–Crippen LogP) is 14.9. The zero-order valence-electron chi connectivity index (χ0n) is 30.2. The number of fused-ring (bicyclic) bond motifs is 11. The van der Waals surface area contributed by atoms with Gasteiger partial charge in [-0.3, -0.25) is 0 Å². The van der Waals surface area contributed by atoms with Crippen molar-refractivity contribution < 1.29 is 8.83 Å². The van der Waals surface area contributed by atoms with Crippen LogP contribution < -0.4 is 4.90 Å². The van der Waals surface area contributed by atoms with Crippen LogP contribution in [0.2, 0.25) is 0 Å². The highest BCUT2D eigenvalue weighted by Gasteiger charge is 2.25. The highest BCUT2D eigenvalue weighted by atomic mass is 16.3. The zero-order chi connectivity index (χ0) is 36.7. The van der Waals surface area contributed by atoms with Gasteiger partial charge in [0.1, 0.15) is 22.3 Å². The first-order valence-corrected chi connectivity index (χ1v) is 19.0. The molecule has 3 heterocycles. The number of hydrogen-bond donors (Lipinski definition) is 0. The molecular formula is C52H32N2O2. The van der Waals surface area contributed by atoms with E-state index in [1.165, 1.54) is 10.8 Å². The Balaban J connectivity index is 1.16. The number of rotatable bonds is 5. The van der Waals surface area contributed by atoms with Gasteiger partial charge in [0.25, 0.3) is 0 Å². The third kappa shape index (κ3) is 4.47. The molecule has 4 heteroatoms. The monoisotopic (exact) mass is 716 g/mol. The molecular weight excluding hydrogens is 685 g/mol. The number of para-hydroxylation sites is 7. The molecule has 0 fully saturated rings. The van der Waals surface area contributed by atoms with E-state index in [9.17, 15) is 0 Å². The van der Waals surface area contributed by atoms with Gasteiger partial charge in [-0.05, 0) is 60.0 Å². The molecule has 0 bridgehead atoms. The summed E-state index contributed by atoms with van der Waals surface area (Å²) in [5.41, 5.74) is 12.0. The Labute approximate surface area is 321 Å². The average molecular weight is 717 g/mol. The Morgan fingerprint density at radius 2 is 0.946 bits per heavy atom. The minimum atomic E-state index is 0.840. The van der Waals surface area contributed by atoms with Crippen LogP contribution in [0.1, 0.15) is 0 Å². The summed E-state index contributed by atoms with van der Waals surface area (Å²) in [6.07, 6.45) is 0.